The number of quaternary nitrogens is 1. The van der Waals surface area contributed by atoms with Crippen molar-refractivity contribution in [3.05, 3.63) is 46.5 Å². The molecule has 2 atom stereocenters. The number of ether oxygens (including phenoxy) is 3. The van der Waals surface area contributed by atoms with Crippen LogP contribution in [0, 0.1) is 0 Å². The lowest BCUT2D eigenvalue weighted by Gasteiger charge is -2.34. The van der Waals surface area contributed by atoms with Gasteiger partial charge < -0.3 is 24.4 Å². The van der Waals surface area contributed by atoms with Crippen LogP contribution in [0.15, 0.2) is 30.3 Å². The number of halogens is 1. The predicted molar refractivity (Wildman–Crippen MR) is 92.4 cm³/mol. The van der Waals surface area contributed by atoms with Crippen LogP contribution in [0.5, 0.6) is 17.2 Å². The second-order valence-corrected chi connectivity index (χ2v) is 6.53. The Morgan fingerprint density at radius 3 is 2.92 bits per heavy atom. The van der Waals surface area contributed by atoms with Gasteiger partial charge >= 0.3 is 0 Å². The van der Waals surface area contributed by atoms with Gasteiger partial charge in [0.05, 0.1) is 37.0 Å². The third kappa shape index (κ3) is 2.44. The quantitative estimate of drug-likeness (QED) is 0.894. The second kappa shape index (κ2) is 6.07. The minimum Gasteiger partial charge on any atom is -0.492 e. The molecule has 0 amide bonds. The Morgan fingerprint density at radius 1 is 1.29 bits per heavy atom. The van der Waals surface area contributed by atoms with Crippen LogP contribution < -0.4 is 24.4 Å². The highest BCUT2D eigenvalue weighted by Gasteiger charge is 2.36. The molecule has 2 aromatic rings. The molecule has 0 aromatic heterocycles. The van der Waals surface area contributed by atoms with E-state index >= 15 is 0 Å². The Morgan fingerprint density at radius 2 is 2.12 bits per heavy atom. The lowest BCUT2D eigenvalue weighted by Crippen LogP contribution is -3.11. The van der Waals surface area contributed by atoms with E-state index in [1.165, 1.54) is 10.5 Å². The van der Waals surface area contributed by atoms with Gasteiger partial charge in [0, 0.05) is 6.42 Å². The molecular formula is C18H20ClN2O3+. The summed E-state index contributed by atoms with van der Waals surface area (Å²) in [5.41, 5.74) is 3.26. The molecule has 2 heterocycles. The average Bonchev–Trinajstić information content (AvgIpc) is 3.05. The van der Waals surface area contributed by atoms with Crippen LogP contribution in [-0.4, -0.2) is 27.5 Å². The number of anilines is 1. The van der Waals surface area contributed by atoms with Crippen LogP contribution in [-0.2, 0) is 6.42 Å². The van der Waals surface area contributed by atoms with Gasteiger partial charge in [-0.3, -0.25) is 0 Å². The molecule has 4 rings (SSSR count). The lowest BCUT2D eigenvalue weighted by atomic mass is 9.94. The molecule has 2 aromatic carbocycles. The van der Waals surface area contributed by atoms with Gasteiger partial charge in [0.2, 0.25) is 12.5 Å². The van der Waals surface area contributed by atoms with Gasteiger partial charge in [0.25, 0.3) is 0 Å². The Labute approximate surface area is 146 Å². The van der Waals surface area contributed by atoms with E-state index in [9.17, 15) is 0 Å². The minimum absolute atomic E-state index is 0.0260. The third-order valence-corrected chi connectivity index (χ3v) is 5.02. The van der Waals surface area contributed by atoms with Gasteiger partial charge in [-0.1, -0.05) is 23.7 Å². The number of benzene rings is 2. The van der Waals surface area contributed by atoms with E-state index in [4.69, 9.17) is 25.8 Å². The number of hydrogen-bond acceptors (Lipinski definition) is 4. The number of para-hydroxylation sites is 1. The third-order valence-electron chi connectivity index (χ3n) is 4.69. The first-order valence-electron chi connectivity index (χ1n) is 8.01. The highest BCUT2D eigenvalue weighted by Crippen LogP contribution is 2.47. The van der Waals surface area contributed by atoms with Crippen LogP contribution in [0.4, 0.5) is 5.69 Å². The van der Waals surface area contributed by atoms with Crippen molar-refractivity contribution in [3.63, 3.8) is 0 Å². The van der Waals surface area contributed by atoms with Gasteiger partial charge in [-0.25, -0.2) is 0 Å². The van der Waals surface area contributed by atoms with Crippen LogP contribution in [0.1, 0.15) is 17.3 Å². The van der Waals surface area contributed by atoms with E-state index in [1.807, 2.05) is 24.3 Å². The van der Waals surface area contributed by atoms with Crippen LogP contribution in [0.25, 0.3) is 0 Å². The SMILES string of the molecule is COc1c2c(cc3c1[C@H](Nc1ccccc1Cl)[NH+](C)CC3)OCO2. The monoisotopic (exact) mass is 347 g/mol. The van der Waals surface area contributed by atoms with E-state index in [1.54, 1.807) is 7.11 Å². The van der Waals surface area contributed by atoms with Crippen molar-refractivity contribution in [2.75, 3.05) is 32.8 Å². The van der Waals surface area contributed by atoms with E-state index in [-0.39, 0.29) is 13.0 Å². The van der Waals surface area contributed by atoms with Crippen molar-refractivity contribution in [1.29, 1.82) is 0 Å². The van der Waals surface area contributed by atoms with Gasteiger partial charge in [-0.15, -0.1) is 0 Å². The smallest absolute Gasteiger partial charge is 0.231 e. The number of likely N-dealkylation sites (N-methyl/N-ethyl adjacent to an activating group) is 1. The number of hydrogen-bond donors (Lipinski definition) is 2. The standard InChI is InChI=1S/C18H19ClN2O3/c1-21-8-7-11-9-14-16(24-10-23-14)17(22-2)15(11)18(21)20-13-6-4-3-5-12(13)19/h3-6,9,18,20H,7-8,10H2,1-2H3/p+1/t18-/m1/s1. The molecule has 2 N–H and O–H groups in total. The highest BCUT2D eigenvalue weighted by atomic mass is 35.5. The average molecular weight is 348 g/mol. The largest absolute Gasteiger partial charge is 0.492 e. The normalized spacial score (nSPS) is 21.3. The fourth-order valence-corrected chi connectivity index (χ4v) is 3.65. The van der Waals surface area contributed by atoms with Crippen LogP contribution >= 0.6 is 11.6 Å². The molecule has 1 unspecified atom stereocenters. The molecule has 0 radical (unpaired) electrons. The van der Waals surface area contributed by atoms with Crippen molar-refractivity contribution in [1.82, 2.24) is 0 Å². The summed E-state index contributed by atoms with van der Waals surface area (Å²) in [7, 11) is 3.84. The highest BCUT2D eigenvalue weighted by molar-refractivity contribution is 6.33. The molecule has 0 saturated heterocycles. The summed E-state index contributed by atoms with van der Waals surface area (Å²) in [6.07, 6.45) is 0.993. The molecular weight excluding hydrogens is 328 g/mol. The Kier molecular flexibility index (Phi) is 3.90. The van der Waals surface area contributed by atoms with Crippen molar-refractivity contribution in [2.24, 2.45) is 0 Å². The van der Waals surface area contributed by atoms with Gasteiger partial charge in [0.15, 0.2) is 17.7 Å². The van der Waals surface area contributed by atoms with Crippen LogP contribution in [0.3, 0.4) is 0 Å². The molecule has 0 aliphatic carbocycles. The minimum atomic E-state index is 0.0260. The number of fused-ring (bicyclic) bond motifs is 2. The molecule has 2 aliphatic rings. The summed E-state index contributed by atoms with van der Waals surface area (Å²) in [6, 6.07) is 9.86. The van der Waals surface area contributed by atoms with Crippen LogP contribution in [0.2, 0.25) is 5.02 Å². The van der Waals surface area contributed by atoms with Crippen molar-refractivity contribution in [3.8, 4) is 17.2 Å². The first-order chi connectivity index (χ1) is 11.7. The van der Waals surface area contributed by atoms with Gasteiger partial charge in [-0.05, 0) is 23.8 Å². The zero-order valence-electron chi connectivity index (χ0n) is 13.7. The molecule has 0 spiro atoms. The Balaban J connectivity index is 1.81. The summed E-state index contributed by atoms with van der Waals surface area (Å²) >= 11 is 6.34. The summed E-state index contributed by atoms with van der Waals surface area (Å²) in [5, 5.41) is 4.28. The zero-order valence-corrected chi connectivity index (χ0v) is 14.4. The number of methoxy groups -OCH3 is 1. The molecule has 0 saturated carbocycles. The molecule has 6 heteroatoms. The molecule has 2 aliphatic heterocycles. The predicted octanol–water partition coefficient (Wildman–Crippen LogP) is 2.26. The van der Waals surface area contributed by atoms with Gasteiger partial charge in [-0.2, -0.15) is 0 Å². The van der Waals surface area contributed by atoms with Crippen molar-refractivity contribution < 1.29 is 19.1 Å². The molecule has 126 valence electrons. The molecule has 0 fully saturated rings. The maximum Gasteiger partial charge on any atom is 0.231 e. The molecule has 24 heavy (non-hydrogen) atoms. The van der Waals surface area contributed by atoms with E-state index in [0.717, 1.165) is 35.7 Å². The van der Waals surface area contributed by atoms with Crippen molar-refractivity contribution in [2.45, 2.75) is 12.6 Å². The number of nitrogens with one attached hydrogen (secondary N) is 2. The summed E-state index contributed by atoms with van der Waals surface area (Å²) < 4.78 is 16.9. The summed E-state index contributed by atoms with van der Waals surface area (Å²) in [5.74, 6) is 2.21. The first kappa shape index (κ1) is 15.4. The Hall–Kier alpha value is -2.11. The second-order valence-electron chi connectivity index (χ2n) is 6.12. The van der Waals surface area contributed by atoms with Crippen molar-refractivity contribution >= 4 is 17.3 Å². The maximum absolute atomic E-state index is 6.34. The fraction of sp³-hybridized carbons (Fsp3) is 0.333. The molecule has 0 bridgehead atoms. The first-order valence-corrected chi connectivity index (χ1v) is 8.39. The lowest BCUT2D eigenvalue weighted by molar-refractivity contribution is -0.910. The summed E-state index contributed by atoms with van der Waals surface area (Å²) in [4.78, 5) is 1.35. The Bertz CT molecular complexity index is 781. The fourth-order valence-electron chi connectivity index (χ4n) is 3.46. The van der Waals surface area contributed by atoms with E-state index < -0.39 is 0 Å². The summed E-state index contributed by atoms with van der Waals surface area (Å²) in [6.45, 7) is 1.25. The zero-order chi connectivity index (χ0) is 16.7. The van der Waals surface area contributed by atoms with E-state index in [0.29, 0.717) is 10.8 Å². The maximum atomic E-state index is 6.34. The topological polar surface area (TPSA) is 44.2 Å². The van der Waals surface area contributed by atoms with Gasteiger partial charge in [0.1, 0.15) is 0 Å². The molecule has 5 nitrogen and oxygen atoms in total. The van der Waals surface area contributed by atoms with E-state index in [2.05, 4.69) is 18.4 Å². The number of rotatable bonds is 3.